The highest BCUT2D eigenvalue weighted by Crippen LogP contribution is 2.37. The highest BCUT2D eigenvalue weighted by molar-refractivity contribution is 5.86. The molecule has 98 valence electrons. The summed E-state index contributed by atoms with van der Waals surface area (Å²) < 4.78 is 40.4. The van der Waals surface area contributed by atoms with Crippen LogP contribution in [0.5, 0.6) is 0 Å². The molecule has 0 spiro atoms. The molecule has 2 nitrogen and oxygen atoms in total. The molecule has 0 aliphatic rings. The number of aryl methyl sites for hydroxylation is 2. The van der Waals surface area contributed by atoms with Crippen molar-refractivity contribution in [1.82, 2.24) is 4.57 Å². The Morgan fingerprint density at radius 3 is 2.50 bits per heavy atom. The zero-order valence-electron chi connectivity index (χ0n) is 10.2. The maximum atomic E-state index is 13.1. The lowest BCUT2D eigenvalue weighted by atomic mass is 10.1. The Labute approximate surface area is 103 Å². The molecule has 2 aromatic rings. The fraction of sp³-hybridized carbons (Fsp3) is 0.385. The van der Waals surface area contributed by atoms with Crippen molar-refractivity contribution in [3.05, 3.63) is 35.0 Å². The summed E-state index contributed by atoms with van der Waals surface area (Å²) in [7, 11) is 1.41. The van der Waals surface area contributed by atoms with Crippen molar-refractivity contribution in [3.8, 4) is 0 Å². The molecule has 1 aromatic carbocycles. The van der Waals surface area contributed by atoms with Gasteiger partial charge in [0.05, 0.1) is 0 Å². The van der Waals surface area contributed by atoms with Crippen LogP contribution in [0.4, 0.5) is 13.2 Å². The lowest BCUT2D eigenvalue weighted by Crippen LogP contribution is -2.14. The maximum absolute atomic E-state index is 13.1. The second-order valence-electron chi connectivity index (χ2n) is 4.38. The van der Waals surface area contributed by atoms with Crippen LogP contribution in [0, 0.1) is 6.92 Å². The molecule has 2 rings (SSSR count). The van der Waals surface area contributed by atoms with Crippen LogP contribution in [-0.2, 0) is 19.6 Å². The van der Waals surface area contributed by atoms with Gasteiger partial charge in [0, 0.05) is 24.6 Å². The van der Waals surface area contributed by atoms with E-state index in [1.54, 1.807) is 18.2 Å². The monoisotopic (exact) mass is 257 g/mol. The van der Waals surface area contributed by atoms with Gasteiger partial charge >= 0.3 is 6.18 Å². The summed E-state index contributed by atoms with van der Waals surface area (Å²) in [6.07, 6.45) is -4.40. The van der Waals surface area contributed by atoms with Crippen molar-refractivity contribution in [2.24, 2.45) is 7.05 Å². The summed E-state index contributed by atoms with van der Waals surface area (Å²) in [5.41, 5.74) is 0.956. The molecule has 0 unspecified atom stereocenters. The predicted octanol–water partition coefficient (Wildman–Crippen LogP) is 3.04. The van der Waals surface area contributed by atoms with Crippen molar-refractivity contribution in [2.75, 3.05) is 6.61 Å². The molecular formula is C13H14F3NO. The highest BCUT2D eigenvalue weighted by Gasteiger charge is 2.37. The number of aliphatic hydroxyl groups excluding tert-OH is 1. The number of rotatable bonds is 2. The third kappa shape index (κ3) is 1.99. The van der Waals surface area contributed by atoms with Gasteiger partial charge in [-0.2, -0.15) is 13.2 Å². The van der Waals surface area contributed by atoms with E-state index in [2.05, 4.69) is 0 Å². The quantitative estimate of drug-likeness (QED) is 0.879. The van der Waals surface area contributed by atoms with Crippen molar-refractivity contribution in [3.63, 3.8) is 0 Å². The number of alkyl halides is 3. The number of aliphatic hydroxyl groups is 1. The van der Waals surface area contributed by atoms with Gasteiger partial charge in [0.1, 0.15) is 5.69 Å². The minimum Gasteiger partial charge on any atom is -0.396 e. The lowest BCUT2D eigenvalue weighted by molar-refractivity contribution is -0.143. The van der Waals surface area contributed by atoms with E-state index >= 15 is 0 Å². The fourth-order valence-corrected chi connectivity index (χ4v) is 2.35. The van der Waals surface area contributed by atoms with E-state index in [0.717, 1.165) is 10.1 Å². The lowest BCUT2D eigenvalue weighted by Gasteiger charge is -2.10. The number of benzene rings is 1. The van der Waals surface area contributed by atoms with Crippen LogP contribution < -0.4 is 0 Å². The molecule has 0 saturated heterocycles. The van der Waals surface area contributed by atoms with E-state index in [1.807, 2.05) is 6.92 Å². The Morgan fingerprint density at radius 1 is 1.28 bits per heavy atom. The summed E-state index contributed by atoms with van der Waals surface area (Å²) in [6, 6.07) is 5.19. The van der Waals surface area contributed by atoms with Crippen LogP contribution in [0.2, 0.25) is 0 Å². The SMILES string of the molecule is Cc1ccc2c(CCO)c(C(F)(F)F)n(C)c2c1. The molecule has 0 amide bonds. The van der Waals surface area contributed by atoms with Crippen LogP contribution >= 0.6 is 0 Å². The fourth-order valence-electron chi connectivity index (χ4n) is 2.35. The van der Waals surface area contributed by atoms with Crippen molar-refractivity contribution < 1.29 is 18.3 Å². The number of hydrogen-bond donors (Lipinski definition) is 1. The highest BCUT2D eigenvalue weighted by atomic mass is 19.4. The van der Waals surface area contributed by atoms with E-state index < -0.39 is 11.9 Å². The number of halogens is 3. The molecule has 1 heterocycles. The Kier molecular flexibility index (Phi) is 3.11. The van der Waals surface area contributed by atoms with Gasteiger partial charge in [-0.3, -0.25) is 0 Å². The molecule has 0 atom stereocenters. The van der Waals surface area contributed by atoms with Gasteiger partial charge in [-0.1, -0.05) is 12.1 Å². The van der Waals surface area contributed by atoms with Crippen molar-refractivity contribution in [1.29, 1.82) is 0 Å². The molecule has 0 radical (unpaired) electrons. The number of fused-ring (bicyclic) bond motifs is 1. The Morgan fingerprint density at radius 2 is 1.94 bits per heavy atom. The van der Waals surface area contributed by atoms with Crippen molar-refractivity contribution in [2.45, 2.75) is 19.5 Å². The van der Waals surface area contributed by atoms with Gasteiger partial charge in [0.2, 0.25) is 0 Å². The molecule has 0 aliphatic carbocycles. The predicted molar refractivity (Wildman–Crippen MR) is 63.4 cm³/mol. The minimum atomic E-state index is -4.41. The minimum absolute atomic E-state index is 0.00917. The van der Waals surface area contributed by atoms with E-state index in [-0.39, 0.29) is 18.6 Å². The van der Waals surface area contributed by atoms with Crippen LogP contribution in [-0.4, -0.2) is 16.3 Å². The molecule has 1 aromatic heterocycles. The topological polar surface area (TPSA) is 25.2 Å². The molecular weight excluding hydrogens is 243 g/mol. The van der Waals surface area contributed by atoms with E-state index in [0.29, 0.717) is 10.9 Å². The number of hydrogen-bond acceptors (Lipinski definition) is 1. The van der Waals surface area contributed by atoms with E-state index in [9.17, 15) is 13.2 Å². The first-order valence-corrected chi connectivity index (χ1v) is 5.62. The smallest absolute Gasteiger partial charge is 0.396 e. The normalized spacial score (nSPS) is 12.3. The summed E-state index contributed by atoms with van der Waals surface area (Å²) in [5, 5.41) is 9.52. The molecule has 0 saturated carbocycles. The van der Waals surface area contributed by atoms with Gasteiger partial charge in [0.15, 0.2) is 0 Å². The maximum Gasteiger partial charge on any atom is 0.431 e. The van der Waals surface area contributed by atoms with E-state index in [4.69, 9.17) is 5.11 Å². The first-order chi connectivity index (χ1) is 8.36. The molecule has 1 N–H and O–H groups in total. The number of aromatic nitrogens is 1. The van der Waals surface area contributed by atoms with Gasteiger partial charge in [-0.05, 0) is 30.5 Å². The first-order valence-electron chi connectivity index (χ1n) is 5.62. The van der Waals surface area contributed by atoms with E-state index in [1.165, 1.54) is 7.05 Å². The Hall–Kier alpha value is -1.49. The second-order valence-corrected chi connectivity index (χ2v) is 4.38. The summed E-state index contributed by atoms with van der Waals surface area (Å²) in [6.45, 7) is 1.54. The van der Waals surface area contributed by atoms with Gasteiger partial charge in [-0.25, -0.2) is 0 Å². The van der Waals surface area contributed by atoms with Crippen LogP contribution in [0.15, 0.2) is 18.2 Å². The third-order valence-electron chi connectivity index (χ3n) is 3.09. The average molecular weight is 257 g/mol. The third-order valence-corrected chi connectivity index (χ3v) is 3.09. The van der Waals surface area contributed by atoms with Crippen LogP contribution in [0.25, 0.3) is 10.9 Å². The largest absolute Gasteiger partial charge is 0.431 e. The van der Waals surface area contributed by atoms with Gasteiger partial charge < -0.3 is 9.67 Å². The Balaban J connectivity index is 2.83. The zero-order valence-corrected chi connectivity index (χ0v) is 10.2. The van der Waals surface area contributed by atoms with Crippen molar-refractivity contribution >= 4 is 10.9 Å². The summed E-state index contributed by atoms with van der Waals surface area (Å²) >= 11 is 0. The van der Waals surface area contributed by atoms with Gasteiger partial charge in [-0.15, -0.1) is 0 Å². The summed E-state index contributed by atoms with van der Waals surface area (Å²) in [5.74, 6) is 0. The standard InChI is InChI=1S/C13H14F3NO/c1-8-3-4-9-10(5-6-18)12(13(14,15)16)17(2)11(9)7-8/h3-4,7,18H,5-6H2,1-2H3. The van der Waals surface area contributed by atoms with Crippen LogP contribution in [0.3, 0.4) is 0 Å². The molecule has 0 bridgehead atoms. The Bertz CT molecular complexity index is 584. The first kappa shape index (κ1) is 13.0. The molecule has 5 heteroatoms. The molecule has 18 heavy (non-hydrogen) atoms. The number of nitrogens with zero attached hydrogens (tertiary/aromatic N) is 1. The zero-order chi connectivity index (χ0) is 13.5. The van der Waals surface area contributed by atoms with Gasteiger partial charge in [0.25, 0.3) is 0 Å². The second kappa shape index (κ2) is 4.31. The molecule has 0 aliphatic heterocycles. The summed E-state index contributed by atoms with van der Waals surface area (Å²) in [4.78, 5) is 0. The average Bonchev–Trinajstić information content (AvgIpc) is 2.52. The van der Waals surface area contributed by atoms with Crippen LogP contribution in [0.1, 0.15) is 16.8 Å². The molecule has 0 fully saturated rings.